The molecular formula is C15H21NO2. The first-order valence-electron chi connectivity index (χ1n) is 6.71. The highest BCUT2D eigenvalue weighted by Crippen LogP contribution is 2.24. The zero-order valence-electron chi connectivity index (χ0n) is 10.9. The fraction of sp³-hybridized carbons (Fsp3) is 0.533. The average molecular weight is 247 g/mol. The van der Waals surface area contributed by atoms with Crippen LogP contribution in [0.25, 0.3) is 0 Å². The summed E-state index contributed by atoms with van der Waals surface area (Å²) >= 11 is 0. The molecule has 1 saturated heterocycles. The zero-order chi connectivity index (χ0) is 13.0. The summed E-state index contributed by atoms with van der Waals surface area (Å²) in [6.45, 7) is 2.77. The molecule has 1 unspecified atom stereocenters. The number of anilines is 1. The molecule has 98 valence electrons. The maximum absolute atomic E-state index is 11.3. The Morgan fingerprint density at radius 3 is 2.61 bits per heavy atom. The number of carbonyl (C=O) groups is 1. The van der Waals surface area contributed by atoms with Crippen LogP contribution in [0.1, 0.15) is 43.0 Å². The molecule has 0 aromatic heterocycles. The van der Waals surface area contributed by atoms with Crippen LogP contribution in [0.5, 0.6) is 0 Å². The van der Waals surface area contributed by atoms with Crippen LogP contribution in [0.2, 0.25) is 0 Å². The lowest BCUT2D eigenvalue weighted by atomic mass is 10.1. The molecule has 0 bridgehead atoms. The summed E-state index contributed by atoms with van der Waals surface area (Å²) in [7, 11) is 0. The van der Waals surface area contributed by atoms with E-state index in [4.69, 9.17) is 0 Å². The number of carbonyl (C=O) groups excluding carboxylic acids is 1. The summed E-state index contributed by atoms with van der Waals surface area (Å²) in [5.41, 5.74) is 1.86. The topological polar surface area (TPSA) is 40.5 Å². The highest BCUT2D eigenvalue weighted by molar-refractivity contribution is 5.94. The van der Waals surface area contributed by atoms with E-state index in [2.05, 4.69) is 4.90 Å². The van der Waals surface area contributed by atoms with Crippen LogP contribution in [0.15, 0.2) is 24.3 Å². The van der Waals surface area contributed by atoms with Gasteiger partial charge in [0.15, 0.2) is 5.78 Å². The number of nitrogens with zero attached hydrogens (tertiary/aromatic N) is 1. The fourth-order valence-electron chi connectivity index (χ4n) is 2.59. The Bertz CT molecular complexity index is 399. The highest BCUT2D eigenvalue weighted by Gasteiger charge is 2.20. The lowest BCUT2D eigenvalue weighted by Gasteiger charge is -2.30. The van der Waals surface area contributed by atoms with Crippen molar-refractivity contribution in [2.45, 2.75) is 38.6 Å². The monoisotopic (exact) mass is 247 g/mol. The Balaban J connectivity index is 2.19. The van der Waals surface area contributed by atoms with Gasteiger partial charge in [-0.25, -0.2) is 0 Å². The molecule has 1 aromatic rings. The predicted octanol–water partition coefficient (Wildman–Crippen LogP) is 2.63. The Labute approximate surface area is 108 Å². The molecule has 3 heteroatoms. The molecule has 0 aliphatic carbocycles. The molecule has 0 spiro atoms. The Morgan fingerprint density at radius 1 is 1.28 bits per heavy atom. The third kappa shape index (κ3) is 2.91. The molecule has 1 N–H and O–H groups in total. The van der Waals surface area contributed by atoms with Gasteiger partial charge in [0.25, 0.3) is 0 Å². The van der Waals surface area contributed by atoms with Crippen molar-refractivity contribution in [1.82, 2.24) is 0 Å². The van der Waals surface area contributed by atoms with Gasteiger partial charge in [-0.2, -0.15) is 0 Å². The second kappa shape index (κ2) is 6.01. The van der Waals surface area contributed by atoms with Gasteiger partial charge in [-0.1, -0.05) is 12.8 Å². The Hall–Kier alpha value is -1.35. The van der Waals surface area contributed by atoms with Crippen molar-refractivity contribution < 1.29 is 9.90 Å². The van der Waals surface area contributed by atoms with Crippen molar-refractivity contribution in [3.8, 4) is 0 Å². The number of ketones is 1. The average Bonchev–Trinajstić information content (AvgIpc) is 2.63. The fourth-order valence-corrected chi connectivity index (χ4v) is 2.59. The van der Waals surface area contributed by atoms with Gasteiger partial charge in [0.2, 0.25) is 0 Å². The van der Waals surface area contributed by atoms with Gasteiger partial charge >= 0.3 is 0 Å². The molecule has 2 rings (SSSR count). The van der Waals surface area contributed by atoms with Gasteiger partial charge in [0.05, 0.1) is 12.6 Å². The van der Waals surface area contributed by atoms with Crippen molar-refractivity contribution in [3.63, 3.8) is 0 Å². The first-order chi connectivity index (χ1) is 8.72. The molecule has 18 heavy (non-hydrogen) atoms. The number of benzene rings is 1. The quantitative estimate of drug-likeness (QED) is 0.835. The second-order valence-corrected chi connectivity index (χ2v) is 4.98. The maximum Gasteiger partial charge on any atom is 0.159 e. The van der Waals surface area contributed by atoms with E-state index >= 15 is 0 Å². The summed E-state index contributed by atoms with van der Waals surface area (Å²) in [4.78, 5) is 13.5. The van der Waals surface area contributed by atoms with Crippen molar-refractivity contribution in [3.05, 3.63) is 29.8 Å². The molecule has 1 aliphatic rings. The van der Waals surface area contributed by atoms with Gasteiger partial charge in [-0.15, -0.1) is 0 Å². The van der Waals surface area contributed by atoms with Gasteiger partial charge in [0, 0.05) is 17.8 Å². The number of aliphatic hydroxyl groups excluding tert-OH is 1. The molecule has 0 radical (unpaired) electrons. The number of hydrogen-bond donors (Lipinski definition) is 1. The molecule has 0 amide bonds. The van der Waals surface area contributed by atoms with Crippen LogP contribution in [-0.4, -0.2) is 30.1 Å². The largest absolute Gasteiger partial charge is 0.394 e. The molecule has 1 aromatic carbocycles. The first kappa shape index (κ1) is 13.1. The van der Waals surface area contributed by atoms with E-state index < -0.39 is 0 Å². The van der Waals surface area contributed by atoms with Gasteiger partial charge in [0.1, 0.15) is 0 Å². The van der Waals surface area contributed by atoms with Crippen LogP contribution in [0, 0.1) is 0 Å². The first-order valence-corrected chi connectivity index (χ1v) is 6.71. The molecule has 0 saturated carbocycles. The normalized spacial score (nSPS) is 20.6. The minimum atomic E-state index is 0.0936. The summed E-state index contributed by atoms with van der Waals surface area (Å²) in [5, 5.41) is 9.49. The third-order valence-corrected chi connectivity index (χ3v) is 3.69. The second-order valence-electron chi connectivity index (χ2n) is 4.98. The summed E-state index contributed by atoms with van der Waals surface area (Å²) in [5.74, 6) is 0.0936. The number of Topliss-reactive ketones (excluding diaryl/α,β-unsaturated/α-hetero) is 1. The summed E-state index contributed by atoms with van der Waals surface area (Å²) in [6.07, 6.45) is 4.64. The van der Waals surface area contributed by atoms with Crippen LogP contribution < -0.4 is 4.90 Å². The van der Waals surface area contributed by atoms with Gasteiger partial charge in [-0.3, -0.25) is 4.79 Å². The number of rotatable bonds is 3. The molecular weight excluding hydrogens is 226 g/mol. The molecule has 1 aliphatic heterocycles. The van der Waals surface area contributed by atoms with E-state index in [1.807, 2.05) is 24.3 Å². The van der Waals surface area contributed by atoms with E-state index in [1.165, 1.54) is 19.3 Å². The van der Waals surface area contributed by atoms with Gasteiger partial charge < -0.3 is 10.0 Å². The van der Waals surface area contributed by atoms with Crippen LogP contribution in [-0.2, 0) is 0 Å². The summed E-state index contributed by atoms with van der Waals surface area (Å²) in [6, 6.07) is 7.94. The Kier molecular flexibility index (Phi) is 4.37. The summed E-state index contributed by atoms with van der Waals surface area (Å²) < 4.78 is 0. The van der Waals surface area contributed by atoms with E-state index in [1.54, 1.807) is 6.92 Å². The van der Waals surface area contributed by atoms with E-state index in [0.717, 1.165) is 24.2 Å². The smallest absolute Gasteiger partial charge is 0.159 e. The van der Waals surface area contributed by atoms with Crippen molar-refractivity contribution in [2.75, 3.05) is 18.1 Å². The number of hydrogen-bond acceptors (Lipinski definition) is 3. The Morgan fingerprint density at radius 2 is 2.00 bits per heavy atom. The molecule has 1 fully saturated rings. The molecule has 1 heterocycles. The minimum absolute atomic E-state index is 0.0936. The molecule has 1 atom stereocenters. The zero-order valence-corrected chi connectivity index (χ0v) is 10.9. The minimum Gasteiger partial charge on any atom is -0.394 e. The SMILES string of the molecule is CC(=O)c1ccc(N2CCCCCC2CO)cc1. The van der Waals surface area contributed by atoms with Crippen LogP contribution >= 0.6 is 0 Å². The number of aliphatic hydroxyl groups is 1. The van der Waals surface area contributed by atoms with Crippen molar-refractivity contribution in [2.24, 2.45) is 0 Å². The standard InChI is InChI=1S/C15H21NO2/c1-12(18)13-6-8-14(9-7-13)16-10-4-2-3-5-15(16)11-17/h6-9,15,17H,2-5,10-11H2,1H3. The lowest BCUT2D eigenvalue weighted by Crippen LogP contribution is -2.37. The highest BCUT2D eigenvalue weighted by atomic mass is 16.3. The van der Waals surface area contributed by atoms with Crippen LogP contribution in [0.3, 0.4) is 0 Å². The van der Waals surface area contributed by atoms with Crippen molar-refractivity contribution >= 4 is 11.5 Å². The van der Waals surface area contributed by atoms with E-state index in [9.17, 15) is 9.90 Å². The molecule has 3 nitrogen and oxygen atoms in total. The van der Waals surface area contributed by atoms with E-state index in [-0.39, 0.29) is 18.4 Å². The van der Waals surface area contributed by atoms with E-state index in [0.29, 0.717) is 0 Å². The maximum atomic E-state index is 11.3. The van der Waals surface area contributed by atoms with Crippen LogP contribution in [0.4, 0.5) is 5.69 Å². The van der Waals surface area contributed by atoms with Gasteiger partial charge in [-0.05, 0) is 44.0 Å². The lowest BCUT2D eigenvalue weighted by molar-refractivity contribution is 0.101. The predicted molar refractivity (Wildman–Crippen MR) is 73.1 cm³/mol. The third-order valence-electron chi connectivity index (χ3n) is 3.69. The van der Waals surface area contributed by atoms with Crippen molar-refractivity contribution in [1.29, 1.82) is 0 Å².